The lowest BCUT2D eigenvalue weighted by molar-refractivity contribution is -0.137. The molecule has 2 aliphatic rings. The maximum atomic E-state index is 13.3. The second-order valence-corrected chi connectivity index (χ2v) is 8.57. The Bertz CT molecular complexity index is 1260. The number of aryl methyl sites for hydroxylation is 1. The number of hydrogen-bond donors (Lipinski definition) is 0. The molecule has 5 nitrogen and oxygen atoms in total. The highest BCUT2D eigenvalue weighted by atomic mass is 19.4. The fourth-order valence-electron chi connectivity index (χ4n) is 4.92. The predicted molar refractivity (Wildman–Crippen MR) is 111 cm³/mol. The number of piperidine rings is 1. The van der Waals surface area contributed by atoms with E-state index in [1.165, 1.54) is 18.2 Å². The van der Waals surface area contributed by atoms with E-state index in [1.54, 1.807) is 28.5 Å². The minimum Gasteiger partial charge on any atom is -0.461 e. The Morgan fingerprint density at radius 1 is 1.06 bits per heavy atom. The Morgan fingerprint density at radius 2 is 1.84 bits per heavy atom. The van der Waals surface area contributed by atoms with Gasteiger partial charge in [0, 0.05) is 42.9 Å². The van der Waals surface area contributed by atoms with E-state index in [2.05, 4.69) is 0 Å². The zero-order chi connectivity index (χ0) is 22.6. The van der Waals surface area contributed by atoms with Crippen molar-refractivity contribution in [3.8, 4) is 11.3 Å². The zero-order valence-electron chi connectivity index (χ0n) is 17.4. The molecule has 2 aliphatic heterocycles. The quantitative estimate of drug-likeness (QED) is 0.578. The van der Waals surface area contributed by atoms with Gasteiger partial charge in [-0.15, -0.1) is 0 Å². The van der Waals surface area contributed by atoms with Crippen molar-refractivity contribution in [2.45, 2.75) is 32.0 Å². The van der Waals surface area contributed by atoms with Crippen LogP contribution in [0.4, 0.5) is 13.2 Å². The largest absolute Gasteiger partial charge is 0.461 e. The number of halogens is 3. The molecule has 0 N–H and O–H groups in total. The summed E-state index contributed by atoms with van der Waals surface area (Å²) in [6.45, 7) is 3.24. The van der Waals surface area contributed by atoms with Gasteiger partial charge in [0.1, 0.15) is 11.5 Å². The van der Waals surface area contributed by atoms with Crippen molar-refractivity contribution in [3.63, 3.8) is 0 Å². The Labute approximate surface area is 182 Å². The lowest BCUT2D eigenvalue weighted by Gasteiger charge is -2.42. The van der Waals surface area contributed by atoms with Crippen LogP contribution in [0.1, 0.15) is 39.7 Å². The molecule has 0 aliphatic carbocycles. The number of pyridine rings is 1. The van der Waals surface area contributed by atoms with E-state index in [0.717, 1.165) is 24.2 Å². The number of nitrogens with zero attached hydrogens (tertiary/aromatic N) is 2. The highest BCUT2D eigenvalue weighted by molar-refractivity contribution is 5.96. The molecule has 32 heavy (non-hydrogen) atoms. The number of amides is 1. The molecule has 1 fully saturated rings. The van der Waals surface area contributed by atoms with Crippen LogP contribution < -0.4 is 5.56 Å². The molecule has 0 saturated carbocycles. The molecule has 2 unspecified atom stereocenters. The van der Waals surface area contributed by atoms with Crippen LogP contribution in [0.3, 0.4) is 0 Å². The monoisotopic (exact) mass is 442 g/mol. The SMILES string of the molecule is Cc1oc(-c2cccc(C(F)(F)F)c2)cc1C(=O)N1CC2CC(C1)c1cccc(=O)n1C2. The number of alkyl halides is 3. The summed E-state index contributed by atoms with van der Waals surface area (Å²) in [7, 11) is 0. The number of rotatable bonds is 2. The number of furan rings is 1. The predicted octanol–water partition coefficient (Wildman–Crippen LogP) is 4.70. The minimum absolute atomic E-state index is 0.0200. The lowest BCUT2D eigenvalue weighted by atomic mass is 9.83. The first kappa shape index (κ1) is 20.6. The fraction of sp³-hybridized carbons (Fsp3) is 0.333. The molecule has 2 atom stereocenters. The highest BCUT2D eigenvalue weighted by Gasteiger charge is 2.37. The molecule has 5 rings (SSSR count). The van der Waals surface area contributed by atoms with Crippen molar-refractivity contribution in [3.05, 3.63) is 81.5 Å². The molecule has 4 heterocycles. The maximum absolute atomic E-state index is 13.3. The fourth-order valence-corrected chi connectivity index (χ4v) is 4.92. The van der Waals surface area contributed by atoms with Crippen LogP contribution in [-0.4, -0.2) is 28.5 Å². The van der Waals surface area contributed by atoms with Crippen molar-refractivity contribution in [1.29, 1.82) is 0 Å². The lowest BCUT2D eigenvalue weighted by Crippen LogP contribution is -2.49. The summed E-state index contributed by atoms with van der Waals surface area (Å²) < 4.78 is 46.7. The van der Waals surface area contributed by atoms with Gasteiger partial charge in [-0.25, -0.2) is 0 Å². The summed E-state index contributed by atoms with van der Waals surface area (Å²) in [5.41, 5.74) is 0.775. The Kier molecular flexibility index (Phi) is 4.76. The topological polar surface area (TPSA) is 55.5 Å². The Balaban J connectivity index is 1.42. The van der Waals surface area contributed by atoms with E-state index in [1.807, 2.05) is 6.07 Å². The van der Waals surface area contributed by atoms with Crippen LogP contribution in [-0.2, 0) is 12.7 Å². The number of benzene rings is 1. The number of aromatic nitrogens is 1. The summed E-state index contributed by atoms with van der Waals surface area (Å²) in [5, 5.41) is 0. The molecule has 166 valence electrons. The summed E-state index contributed by atoms with van der Waals surface area (Å²) in [6, 6.07) is 11.6. The second kappa shape index (κ2) is 7.39. The van der Waals surface area contributed by atoms with E-state index in [9.17, 15) is 22.8 Å². The minimum atomic E-state index is -4.46. The van der Waals surface area contributed by atoms with Gasteiger partial charge in [-0.3, -0.25) is 9.59 Å². The second-order valence-electron chi connectivity index (χ2n) is 8.57. The normalized spacial score (nSPS) is 20.2. The van der Waals surface area contributed by atoms with Crippen molar-refractivity contribution in [2.24, 2.45) is 5.92 Å². The van der Waals surface area contributed by atoms with Gasteiger partial charge in [-0.05, 0) is 43.5 Å². The standard InChI is InChI=1S/C24H21F3N2O3/c1-14-19(10-21(32-14)16-4-2-5-18(9-16)24(25,26)27)23(31)28-11-15-8-17(13-28)20-6-3-7-22(30)29(20)12-15/h2-7,9-10,15,17H,8,11-13H2,1H3. The van der Waals surface area contributed by atoms with Gasteiger partial charge in [0.05, 0.1) is 11.1 Å². The van der Waals surface area contributed by atoms with Gasteiger partial charge >= 0.3 is 6.18 Å². The number of carbonyl (C=O) groups excluding carboxylic acids is 1. The third-order valence-electron chi connectivity index (χ3n) is 6.39. The van der Waals surface area contributed by atoms with Crippen LogP contribution in [0.25, 0.3) is 11.3 Å². The summed E-state index contributed by atoms with van der Waals surface area (Å²) >= 11 is 0. The highest BCUT2D eigenvalue weighted by Crippen LogP contribution is 2.37. The van der Waals surface area contributed by atoms with Crippen LogP contribution >= 0.6 is 0 Å². The zero-order valence-corrected chi connectivity index (χ0v) is 17.4. The molecular weight excluding hydrogens is 421 g/mol. The first-order chi connectivity index (χ1) is 15.2. The van der Waals surface area contributed by atoms with Gasteiger partial charge in [0.15, 0.2) is 0 Å². The number of carbonyl (C=O) groups is 1. The van der Waals surface area contributed by atoms with Crippen molar-refractivity contribution >= 4 is 5.91 Å². The number of hydrogen-bond acceptors (Lipinski definition) is 3. The number of likely N-dealkylation sites (tertiary alicyclic amines) is 1. The van der Waals surface area contributed by atoms with Gasteiger partial charge < -0.3 is 13.9 Å². The molecule has 0 radical (unpaired) electrons. The van der Waals surface area contributed by atoms with E-state index >= 15 is 0 Å². The average molecular weight is 442 g/mol. The Morgan fingerprint density at radius 3 is 2.62 bits per heavy atom. The molecule has 2 bridgehead atoms. The molecule has 2 aromatic heterocycles. The molecular formula is C24H21F3N2O3. The van der Waals surface area contributed by atoms with E-state index in [4.69, 9.17) is 4.42 Å². The van der Waals surface area contributed by atoms with Crippen LogP contribution in [0.5, 0.6) is 0 Å². The van der Waals surface area contributed by atoms with E-state index in [0.29, 0.717) is 31.0 Å². The molecule has 3 aromatic rings. The molecule has 0 spiro atoms. The number of fused-ring (bicyclic) bond motifs is 4. The maximum Gasteiger partial charge on any atom is 0.416 e. The van der Waals surface area contributed by atoms with Crippen LogP contribution in [0, 0.1) is 12.8 Å². The first-order valence-electron chi connectivity index (χ1n) is 10.5. The molecule has 8 heteroatoms. The summed E-state index contributed by atoms with van der Waals surface area (Å²) in [6.07, 6.45) is -3.53. The summed E-state index contributed by atoms with van der Waals surface area (Å²) in [5.74, 6) is 0.655. The van der Waals surface area contributed by atoms with Crippen molar-refractivity contribution in [2.75, 3.05) is 13.1 Å². The van der Waals surface area contributed by atoms with Crippen molar-refractivity contribution in [1.82, 2.24) is 9.47 Å². The van der Waals surface area contributed by atoms with Crippen LogP contribution in [0.2, 0.25) is 0 Å². The van der Waals surface area contributed by atoms with Gasteiger partial charge in [0.25, 0.3) is 11.5 Å². The third-order valence-corrected chi connectivity index (χ3v) is 6.39. The summed E-state index contributed by atoms with van der Waals surface area (Å²) in [4.78, 5) is 27.3. The average Bonchev–Trinajstić information content (AvgIpc) is 3.15. The molecule has 1 amide bonds. The van der Waals surface area contributed by atoms with Crippen molar-refractivity contribution < 1.29 is 22.4 Å². The third kappa shape index (κ3) is 3.53. The van der Waals surface area contributed by atoms with E-state index in [-0.39, 0.29) is 34.6 Å². The smallest absolute Gasteiger partial charge is 0.416 e. The van der Waals surface area contributed by atoms with Gasteiger partial charge in [-0.1, -0.05) is 18.2 Å². The van der Waals surface area contributed by atoms with Gasteiger partial charge in [0.2, 0.25) is 0 Å². The Hall–Kier alpha value is -3.29. The van der Waals surface area contributed by atoms with Crippen LogP contribution in [0.15, 0.2) is 57.7 Å². The van der Waals surface area contributed by atoms with Gasteiger partial charge in [-0.2, -0.15) is 13.2 Å². The first-order valence-corrected chi connectivity index (χ1v) is 10.5. The molecule has 1 aromatic carbocycles. The molecule has 1 saturated heterocycles. The van der Waals surface area contributed by atoms with E-state index < -0.39 is 11.7 Å².